The van der Waals surface area contributed by atoms with Crippen molar-refractivity contribution >= 4 is 22.1 Å². The first-order valence-electron chi connectivity index (χ1n) is 23.4. The van der Waals surface area contributed by atoms with E-state index < -0.39 is 71.2 Å². The molecule has 1 rings (SSSR count). The molecule has 1 aliphatic heterocycles. The highest BCUT2D eigenvalue weighted by molar-refractivity contribution is 7.85. The molecule has 0 bridgehead atoms. The van der Waals surface area contributed by atoms with E-state index in [1.54, 1.807) is 0 Å². The lowest BCUT2D eigenvalue weighted by Gasteiger charge is -2.40. The van der Waals surface area contributed by atoms with Crippen molar-refractivity contribution in [3.8, 4) is 0 Å². The molecule has 1 fully saturated rings. The number of ether oxygens (including phenoxy) is 4. The average molecular weight is 861 g/mol. The van der Waals surface area contributed by atoms with Gasteiger partial charge in [0.15, 0.2) is 12.4 Å². The van der Waals surface area contributed by atoms with Crippen molar-refractivity contribution < 1.29 is 56.8 Å². The molecule has 1 aliphatic rings. The maximum absolute atomic E-state index is 12.8. The number of carbonyl (C=O) groups excluding carboxylic acids is 2. The van der Waals surface area contributed by atoms with Gasteiger partial charge in [-0.1, -0.05) is 167 Å². The summed E-state index contributed by atoms with van der Waals surface area (Å²) in [5.41, 5.74) is 0. The molecule has 0 amide bonds. The Labute approximate surface area is 358 Å². The molecule has 0 aromatic carbocycles. The molecule has 12 nitrogen and oxygen atoms in total. The molecule has 0 aliphatic carbocycles. The lowest BCUT2D eigenvalue weighted by Crippen LogP contribution is -2.60. The smallest absolute Gasteiger partial charge is 0.306 e. The molecule has 0 saturated carbocycles. The third-order valence-electron chi connectivity index (χ3n) is 10.8. The number of aliphatic hydroxyl groups excluding tert-OH is 3. The minimum absolute atomic E-state index is 0.158. The van der Waals surface area contributed by atoms with Gasteiger partial charge < -0.3 is 34.3 Å². The third kappa shape index (κ3) is 31.6. The molecule has 6 unspecified atom stereocenters. The van der Waals surface area contributed by atoms with Crippen LogP contribution in [0, 0.1) is 0 Å². The summed E-state index contributed by atoms with van der Waals surface area (Å²) in [5, 5.41) is 30.9. The van der Waals surface area contributed by atoms with Gasteiger partial charge in [-0.05, 0) is 44.9 Å². The quantitative estimate of drug-likeness (QED) is 0.0199. The van der Waals surface area contributed by atoms with E-state index in [4.69, 9.17) is 18.9 Å². The first-order valence-corrected chi connectivity index (χ1v) is 25.0. The minimum Gasteiger partial charge on any atom is -0.462 e. The van der Waals surface area contributed by atoms with E-state index in [0.717, 1.165) is 57.8 Å². The van der Waals surface area contributed by atoms with Crippen LogP contribution in [-0.2, 0) is 38.7 Å². The molecular formula is C46H84O12S. The third-order valence-corrected chi connectivity index (χ3v) is 11.5. The van der Waals surface area contributed by atoms with E-state index in [1.165, 1.54) is 103 Å². The number of allylic oxidation sites excluding steroid dienone is 4. The van der Waals surface area contributed by atoms with Crippen LogP contribution in [0.4, 0.5) is 0 Å². The Kier molecular flexibility index (Phi) is 34.4. The van der Waals surface area contributed by atoms with E-state index in [-0.39, 0.29) is 19.4 Å². The standard InChI is InChI=1S/C46H84O12S/c1-3-5-7-9-11-13-15-17-18-19-20-21-23-25-27-29-31-33-35-42(48)57-39(37-56-46-45(51)44(50)43(49)40(58-46)38-59(52,53)54)36-55-41(47)34-32-30-28-26-24-22-16-14-12-10-8-6-4-2/h13,15,18-19,39-40,43-46,49-51H,3-12,14,16-17,20-38H2,1-2H3,(H,52,53,54)/b15-13-,19-18-. The molecule has 1 heterocycles. The van der Waals surface area contributed by atoms with Gasteiger partial charge in [0, 0.05) is 12.8 Å². The molecule has 0 aromatic rings. The summed E-state index contributed by atoms with van der Waals surface area (Å²) in [4.78, 5) is 25.4. The molecule has 13 heteroatoms. The van der Waals surface area contributed by atoms with Gasteiger partial charge in [-0.3, -0.25) is 14.1 Å². The van der Waals surface area contributed by atoms with Gasteiger partial charge >= 0.3 is 11.9 Å². The molecule has 0 radical (unpaired) electrons. The second-order valence-corrected chi connectivity index (χ2v) is 17.9. The Hall–Kier alpha value is -1.87. The van der Waals surface area contributed by atoms with Crippen LogP contribution in [-0.4, -0.2) is 96.0 Å². The highest BCUT2D eigenvalue weighted by Gasteiger charge is 2.46. The molecule has 6 atom stereocenters. The van der Waals surface area contributed by atoms with E-state index in [2.05, 4.69) is 38.2 Å². The molecule has 346 valence electrons. The fraction of sp³-hybridized carbons (Fsp3) is 0.870. The van der Waals surface area contributed by atoms with Gasteiger partial charge in [0.1, 0.15) is 36.8 Å². The normalized spacial score (nSPS) is 20.4. The lowest BCUT2D eigenvalue weighted by molar-refractivity contribution is -0.297. The number of rotatable bonds is 39. The van der Waals surface area contributed by atoms with Crippen molar-refractivity contribution in [3.63, 3.8) is 0 Å². The van der Waals surface area contributed by atoms with Crippen LogP contribution in [0.1, 0.15) is 200 Å². The summed E-state index contributed by atoms with van der Waals surface area (Å²) >= 11 is 0. The second-order valence-electron chi connectivity index (χ2n) is 16.4. The number of hydrogen-bond acceptors (Lipinski definition) is 11. The molecule has 0 spiro atoms. The monoisotopic (exact) mass is 861 g/mol. The van der Waals surface area contributed by atoms with Gasteiger partial charge in [-0.2, -0.15) is 8.42 Å². The maximum Gasteiger partial charge on any atom is 0.306 e. The largest absolute Gasteiger partial charge is 0.462 e. The number of hydrogen-bond donors (Lipinski definition) is 4. The minimum atomic E-state index is -4.60. The van der Waals surface area contributed by atoms with Crippen molar-refractivity contribution in [1.29, 1.82) is 0 Å². The number of esters is 2. The number of carbonyl (C=O) groups is 2. The zero-order valence-electron chi connectivity index (χ0n) is 36.9. The Morgan fingerprint density at radius 1 is 0.576 bits per heavy atom. The Morgan fingerprint density at radius 2 is 1.02 bits per heavy atom. The first-order chi connectivity index (χ1) is 28.5. The molecule has 59 heavy (non-hydrogen) atoms. The summed E-state index contributed by atoms with van der Waals surface area (Å²) in [6.45, 7) is 3.75. The van der Waals surface area contributed by atoms with Crippen LogP contribution >= 0.6 is 0 Å². The summed E-state index contributed by atoms with van der Waals surface area (Å²) in [6, 6.07) is 0. The van der Waals surface area contributed by atoms with Crippen molar-refractivity contribution in [3.05, 3.63) is 24.3 Å². The Balaban J connectivity index is 2.43. The van der Waals surface area contributed by atoms with Gasteiger partial charge in [0.25, 0.3) is 10.1 Å². The SMILES string of the molecule is CCCCCC/C=C\C/C=C\CCCCCCCCCC(=O)OC(COC(=O)CCCCCCCCCCCCCCC)COC1OC(CS(=O)(=O)O)C(O)C(O)C1O. The highest BCUT2D eigenvalue weighted by atomic mass is 32.2. The van der Waals surface area contributed by atoms with Crippen LogP contribution in [0.15, 0.2) is 24.3 Å². The fourth-order valence-corrected chi connectivity index (χ4v) is 7.81. The average Bonchev–Trinajstić information content (AvgIpc) is 3.20. The fourth-order valence-electron chi connectivity index (χ4n) is 7.12. The Bertz CT molecular complexity index is 1190. The predicted molar refractivity (Wildman–Crippen MR) is 233 cm³/mol. The van der Waals surface area contributed by atoms with Crippen LogP contribution in [0.2, 0.25) is 0 Å². The summed E-state index contributed by atoms with van der Waals surface area (Å²) in [7, 11) is -4.60. The molecule has 4 N–H and O–H groups in total. The maximum atomic E-state index is 12.8. The predicted octanol–water partition coefficient (Wildman–Crippen LogP) is 9.62. The topological polar surface area (TPSA) is 186 Å². The zero-order valence-corrected chi connectivity index (χ0v) is 37.7. The zero-order chi connectivity index (χ0) is 43.4. The van der Waals surface area contributed by atoms with Crippen molar-refractivity contribution in [2.75, 3.05) is 19.0 Å². The van der Waals surface area contributed by atoms with Crippen LogP contribution in [0.3, 0.4) is 0 Å². The number of aliphatic hydroxyl groups is 3. The number of unbranched alkanes of at least 4 members (excludes halogenated alkanes) is 23. The highest BCUT2D eigenvalue weighted by Crippen LogP contribution is 2.24. The van der Waals surface area contributed by atoms with Gasteiger partial charge in [0.05, 0.1) is 6.61 Å². The Morgan fingerprint density at radius 3 is 1.51 bits per heavy atom. The summed E-state index contributed by atoms with van der Waals surface area (Å²) < 4.78 is 54.1. The van der Waals surface area contributed by atoms with Crippen molar-refractivity contribution in [1.82, 2.24) is 0 Å². The van der Waals surface area contributed by atoms with Crippen LogP contribution < -0.4 is 0 Å². The molecule has 0 aromatic heterocycles. The van der Waals surface area contributed by atoms with E-state index in [0.29, 0.717) is 12.8 Å². The summed E-state index contributed by atoms with van der Waals surface area (Å²) in [6.07, 6.45) is 30.7. The first kappa shape index (κ1) is 55.1. The summed E-state index contributed by atoms with van der Waals surface area (Å²) in [5.74, 6) is -1.98. The molecular weight excluding hydrogens is 777 g/mol. The van der Waals surface area contributed by atoms with Gasteiger partial charge in [-0.25, -0.2) is 0 Å². The van der Waals surface area contributed by atoms with Crippen molar-refractivity contribution in [2.45, 2.75) is 237 Å². The van der Waals surface area contributed by atoms with Crippen LogP contribution in [0.25, 0.3) is 0 Å². The molecule has 1 saturated heterocycles. The lowest BCUT2D eigenvalue weighted by atomic mass is 10.00. The van der Waals surface area contributed by atoms with E-state index >= 15 is 0 Å². The van der Waals surface area contributed by atoms with E-state index in [9.17, 15) is 37.9 Å². The second kappa shape index (κ2) is 36.8. The van der Waals surface area contributed by atoms with Crippen molar-refractivity contribution in [2.24, 2.45) is 0 Å². The van der Waals surface area contributed by atoms with Gasteiger partial charge in [-0.15, -0.1) is 0 Å². The van der Waals surface area contributed by atoms with E-state index in [1.807, 2.05) is 0 Å². The van der Waals surface area contributed by atoms with Gasteiger partial charge in [0.2, 0.25) is 0 Å². The van der Waals surface area contributed by atoms with Crippen LogP contribution in [0.5, 0.6) is 0 Å².